The zero-order valence-corrected chi connectivity index (χ0v) is 15.8. The monoisotopic (exact) mass is 342 g/mol. The van der Waals surface area contributed by atoms with Gasteiger partial charge in [0.05, 0.1) is 5.56 Å². The summed E-state index contributed by atoms with van der Waals surface area (Å²) < 4.78 is 7.30. The van der Waals surface area contributed by atoms with E-state index in [0.717, 1.165) is 17.1 Å². The van der Waals surface area contributed by atoms with Gasteiger partial charge in [-0.25, -0.2) is 4.79 Å². The van der Waals surface area contributed by atoms with Crippen molar-refractivity contribution in [3.8, 4) is 0 Å². The predicted molar refractivity (Wildman–Crippen MR) is 99.7 cm³/mol. The fourth-order valence-corrected chi connectivity index (χ4v) is 3.04. The maximum Gasteiger partial charge on any atom is 0.338 e. The first-order chi connectivity index (χ1) is 11.7. The Balaban J connectivity index is 2.04. The number of anilines is 1. The molecule has 1 aromatic carbocycles. The standard InChI is InChI=1S/C20H26N2O3/c1-13(2)22-14(3)11-18(15(22)4)19(23)12-25-20(24)16-7-9-17(10-8-16)21(5)6/h7-11,13H,12H2,1-6H3. The number of aromatic nitrogens is 1. The Morgan fingerprint density at radius 1 is 1.12 bits per heavy atom. The summed E-state index contributed by atoms with van der Waals surface area (Å²) in [6.45, 7) is 7.79. The van der Waals surface area contributed by atoms with Gasteiger partial charge in [0.25, 0.3) is 0 Å². The normalized spacial score (nSPS) is 10.8. The number of Topliss-reactive ketones (excluding diaryl/α,β-unsaturated/α-hetero) is 1. The van der Waals surface area contributed by atoms with Crippen molar-refractivity contribution in [2.75, 3.05) is 25.6 Å². The van der Waals surface area contributed by atoms with E-state index in [-0.39, 0.29) is 18.4 Å². The molecule has 1 heterocycles. The predicted octanol–water partition coefficient (Wildman–Crippen LogP) is 3.79. The lowest BCUT2D eigenvalue weighted by molar-refractivity contribution is 0.0474. The van der Waals surface area contributed by atoms with Crippen LogP contribution in [-0.4, -0.2) is 37.0 Å². The fraction of sp³-hybridized carbons (Fsp3) is 0.400. The lowest BCUT2D eigenvalue weighted by atomic mass is 10.1. The van der Waals surface area contributed by atoms with E-state index in [1.165, 1.54) is 0 Å². The summed E-state index contributed by atoms with van der Waals surface area (Å²) in [5, 5.41) is 0. The van der Waals surface area contributed by atoms with E-state index < -0.39 is 5.97 Å². The van der Waals surface area contributed by atoms with Crippen molar-refractivity contribution in [1.29, 1.82) is 0 Å². The smallest absolute Gasteiger partial charge is 0.338 e. The number of aryl methyl sites for hydroxylation is 1. The SMILES string of the molecule is Cc1cc(C(=O)COC(=O)c2ccc(N(C)C)cc2)c(C)n1C(C)C. The van der Waals surface area contributed by atoms with Crippen molar-refractivity contribution < 1.29 is 14.3 Å². The third kappa shape index (κ3) is 4.10. The van der Waals surface area contributed by atoms with E-state index in [4.69, 9.17) is 4.74 Å². The summed E-state index contributed by atoms with van der Waals surface area (Å²) in [7, 11) is 3.86. The second-order valence-corrected chi connectivity index (χ2v) is 6.69. The highest BCUT2D eigenvalue weighted by Gasteiger charge is 2.19. The maximum absolute atomic E-state index is 12.4. The summed E-state index contributed by atoms with van der Waals surface area (Å²) in [5.74, 6) is -0.672. The van der Waals surface area contributed by atoms with Crippen LogP contribution < -0.4 is 4.90 Å². The minimum atomic E-state index is -0.490. The minimum Gasteiger partial charge on any atom is -0.454 e. The van der Waals surface area contributed by atoms with Crippen LogP contribution >= 0.6 is 0 Å². The van der Waals surface area contributed by atoms with Gasteiger partial charge in [-0.15, -0.1) is 0 Å². The number of carbonyl (C=O) groups is 2. The zero-order chi connectivity index (χ0) is 18.7. The number of ether oxygens (including phenoxy) is 1. The van der Waals surface area contributed by atoms with Crippen molar-refractivity contribution >= 4 is 17.4 Å². The van der Waals surface area contributed by atoms with Crippen molar-refractivity contribution in [3.05, 3.63) is 52.8 Å². The highest BCUT2D eigenvalue weighted by Crippen LogP contribution is 2.21. The Morgan fingerprint density at radius 3 is 2.20 bits per heavy atom. The molecule has 5 nitrogen and oxygen atoms in total. The van der Waals surface area contributed by atoms with Gasteiger partial charge in [0.2, 0.25) is 5.78 Å². The second-order valence-electron chi connectivity index (χ2n) is 6.69. The van der Waals surface area contributed by atoms with Gasteiger partial charge in [0, 0.05) is 42.8 Å². The van der Waals surface area contributed by atoms with Crippen LogP contribution in [0.3, 0.4) is 0 Å². The van der Waals surface area contributed by atoms with Crippen molar-refractivity contribution in [1.82, 2.24) is 4.57 Å². The van der Waals surface area contributed by atoms with Crippen LogP contribution in [0.1, 0.15) is 52.0 Å². The Hall–Kier alpha value is -2.56. The van der Waals surface area contributed by atoms with Crippen LogP contribution in [0.2, 0.25) is 0 Å². The molecule has 0 amide bonds. The van der Waals surface area contributed by atoms with Gasteiger partial charge in [-0.1, -0.05) is 0 Å². The molecule has 25 heavy (non-hydrogen) atoms. The van der Waals surface area contributed by atoms with Gasteiger partial charge in [0.1, 0.15) is 0 Å². The molecule has 2 aromatic rings. The highest BCUT2D eigenvalue weighted by atomic mass is 16.5. The fourth-order valence-electron chi connectivity index (χ4n) is 3.04. The largest absolute Gasteiger partial charge is 0.454 e. The van der Waals surface area contributed by atoms with Gasteiger partial charge >= 0.3 is 5.97 Å². The Kier molecular flexibility index (Phi) is 5.67. The number of ketones is 1. The number of benzene rings is 1. The topological polar surface area (TPSA) is 51.5 Å². The van der Waals surface area contributed by atoms with E-state index >= 15 is 0 Å². The van der Waals surface area contributed by atoms with Crippen molar-refractivity contribution in [2.24, 2.45) is 0 Å². The molecular formula is C20H26N2O3. The number of nitrogens with zero attached hydrogens (tertiary/aromatic N) is 2. The molecule has 0 saturated carbocycles. The molecule has 0 saturated heterocycles. The quantitative estimate of drug-likeness (QED) is 0.592. The molecule has 0 atom stereocenters. The van der Waals surface area contributed by atoms with Crippen LogP contribution in [-0.2, 0) is 4.74 Å². The molecule has 5 heteroatoms. The summed E-state index contributed by atoms with van der Waals surface area (Å²) in [4.78, 5) is 26.5. The van der Waals surface area contributed by atoms with Crippen LogP contribution in [0.5, 0.6) is 0 Å². The number of esters is 1. The van der Waals surface area contributed by atoms with E-state index in [2.05, 4.69) is 18.4 Å². The molecule has 0 radical (unpaired) electrons. The molecule has 0 N–H and O–H groups in total. The molecule has 1 aromatic heterocycles. The van der Waals surface area contributed by atoms with Gasteiger partial charge in [-0.3, -0.25) is 4.79 Å². The third-order valence-corrected chi connectivity index (χ3v) is 4.25. The highest BCUT2D eigenvalue weighted by molar-refractivity contribution is 6.00. The third-order valence-electron chi connectivity index (χ3n) is 4.25. The zero-order valence-electron chi connectivity index (χ0n) is 15.8. The lowest BCUT2D eigenvalue weighted by Gasteiger charge is -2.13. The molecule has 2 rings (SSSR count). The molecule has 0 aliphatic heterocycles. The lowest BCUT2D eigenvalue weighted by Crippen LogP contribution is -2.15. The minimum absolute atomic E-state index is 0.182. The van der Waals surface area contributed by atoms with Gasteiger partial charge in [-0.2, -0.15) is 0 Å². The Bertz CT molecular complexity index is 771. The second kappa shape index (κ2) is 7.55. The van der Waals surface area contributed by atoms with Gasteiger partial charge in [0.15, 0.2) is 6.61 Å². The number of rotatable bonds is 6. The molecular weight excluding hydrogens is 316 g/mol. The summed E-state index contributed by atoms with van der Waals surface area (Å²) in [6, 6.07) is 9.22. The maximum atomic E-state index is 12.4. The van der Waals surface area contributed by atoms with E-state index in [1.807, 2.05) is 51.0 Å². The first-order valence-corrected chi connectivity index (χ1v) is 8.38. The molecule has 0 aliphatic rings. The summed E-state index contributed by atoms with van der Waals surface area (Å²) >= 11 is 0. The van der Waals surface area contributed by atoms with Crippen LogP contribution in [0.15, 0.2) is 30.3 Å². The number of hydrogen-bond acceptors (Lipinski definition) is 4. The molecule has 0 bridgehead atoms. The molecule has 0 aliphatic carbocycles. The van der Waals surface area contributed by atoms with Gasteiger partial charge in [-0.05, 0) is 58.0 Å². The molecule has 0 spiro atoms. The summed E-state index contributed by atoms with van der Waals surface area (Å²) in [6.07, 6.45) is 0. The van der Waals surface area contributed by atoms with Crippen molar-refractivity contribution in [3.63, 3.8) is 0 Å². The van der Waals surface area contributed by atoms with E-state index in [9.17, 15) is 9.59 Å². The van der Waals surface area contributed by atoms with Crippen LogP contribution in [0, 0.1) is 13.8 Å². The first-order valence-electron chi connectivity index (χ1n) is 8.38. The van der Waals surface area contributed by atoms with Crippen molar-refractivity contribution in [2.45, 2.75) is 33.7 Å². The van der Waals surface area contributed by atoms with E-state index in [0.29, 0.717) is 11.1 Å². The summed E-state index contributed by atoms with van der Waals surface area (Å²) in [5.41, 5.74) is 3.98. The Morgan fingerprint density at radius 2 is 1.72 bits per heavy atom. The first kappa shape index (κ1) is 18.8. The Labute approximate surface area is 149 Å². The molecule has 134 valence electrons. The molecule has 0 unspecified atom stereocenters. The number of carbonyl (C=O) groups excluding carboxylic acids is 2. The van der Waals surface area contributed by atoms with E-state index in [1.54, 1.807) is 12.1 Å². The van der Waals surface area contributed by atoms with Crippen LogP contribution in [0.25, 0.3) is 0 Å². The molecule has 0 fully saturated rings. The van der Waals surface area contributed by atoms with Gasteiger partial charge < -0.3 is 14.2 Å². The average Bonchev–Trinajstić information content (AvgIpc) is 2.87. The number of hydrogen-bond donors (Lipinski definition) is 0. The van der Waals surface area contributed by atoms with Crippen LogP contribution in [0.4, 0.5) is 5.69 Å². The average molecular weight is 342 g/mol.